The average Bonchev–Trinajstić information content (AvgIpc) is 2.44. The first-order chi connectivity index (χ1) is 9.96. The molecule has 0 atom stereocenters. The molecule has 0 heterocycles. The van der Waals surface area contributed by atoms with E-state index in [0.29, 0.717) is 0 Å². The monoisotopic (exact) mass is 312 g/mol. The standard InChI is InChI=1S/C18H40N2Si/c1-7-13-19(14-8-2)18(6,12-11-17(5)21)20(15-9-3)16-10-4/h11H,7-10,12-16H2,1-6,21H3/b17-11-. The molecular formula is C18H40N2Si. The maximum Gasteiger partial charge on any atom is 0.0743 e. The Bertz CT molecular complexity index is 257. The molecule has 0 rings (SSSR count). The molecule has 0 saturated heterocycles. The number of hydrogen-bond acceptors (Lipinski definition) is 2. The maximum atomic E-state index is 2.74. The zero-order valence-electron chi connectivity index (χ0n) is 15.8. The van der Waals surface area contributed by atoms with E-state index < -0.39 is 0 Å². The molecule has 0 aromatic rings. The molecule has 2 nitrogen and oxygen atoms in total. The van der Waals surface area contributed by atoms with Gasteiger partial charge in [0.2, 0.25) is 0 Å². The molecule has 0 saturated carbocycles. The molecule has 3 heteroatoms. The van der Waals surface area contributed by atoms with Crippen molar-refractivity contribution in [3.8, 4) is 0 Å². The van der Waals surface area contributed by atoms with E-state index in [2.05, 4.69) is 57.4 Å². The summed E-state index contributed by atoms with van der Waals surface area (Å²) < 4.78 is 0. The van der Waals surface area contributed by atoms with E-state index in [9.17, 15) is 0 Å². The average molecular weight is 313 g/mol. The SMILES string of the molecule is CCCN(CCC)C(C)(C/C=C(/C)[SiH3])N(CCC)CCC. The van der Waals surface area contributed by atoms with Gasteiger partial charge in [0.15, 0.2) is 0 Å². The van der Waals surface area contributed by atoms with Gasteiger partial charge in [0.25, 0.3) is 0 Å². The molecule has 0 aliphatic rings. The van der Waals surface area contributed by atoms with Crippen LogP contribution < -0.4 is 0 Å². The highest BCUT2D eigenvalue weighted by Crippen LogP contribution is 2.27. The zero-order chi connectivity index (χ0) is 16.3. The number of allylic oxidation sites excluding steroid dienone is 1. The first-order valence-electron chi connectivity index (χ1n) is 9.09. The Morgan fingerprint density at radius 1 is 0.857 bits per heavy atom. The lowest BCUT2D eigenvalue weighted by atomic mass is 10.0. The second-order valence-electron chi connectivity index (χ2n) is 6.68. The van der Waals surface area contributed by atoms with Crippen molar-refractivity contribution in [2.45, 2.75) is 79.3 Å². The van der Waals surface area contributed by atoms with Crippen LogP contribution in [0, 0.1) is 0 Å². The number of hydrogen-bond donors (Lipinski definition) is 0. The lowest BCUT2D eigenvalue weighted by Gasteiger charge is -2.49. The molecule has 0 aliphatic heterocycles. The Labute approximate surface area is 137 Å². The summed E-state index contributed by atoms with van der Waals surface area (Å²) in [5, 5.41) is 1.57. The second kappa shape index (κ2) is 11.4. The molecule has 0 amide bonds. The maximum absolute atomic E-state index is 2.74. The quantitative estimate of drug-likeness (QED) is 0.401. The molecule has 0 unspecified atom stereocenters. The summed E-state index contributed by atoms with van der Waals surface area (Å²) >= 11 is 0. The third kappa shape index (κ3) is 7.12. The van der Waals surface area contributed by atoms with Crippen LogP contribution in [0.2, 0.25) is 0 Å². The van der Waals surface area contributed by atoms with E-state index >= 15 is 0 Å². The summed E-state index contributed by atoms with van der Waals surface area (Å²) in [5.41, 5.74) is 0.184. The van der Waals surface area contributed by atoms with E-state index in [-0.39, 0.29) is 5.66 Å². The van der Waals surface area contributed by atoms with Crippen LogP contribution in [0.25, 0.3) is 0 Å². The van der Waals surface area contributed by atoms with Crippen molar-refractivity contribution in [1.29, 1.82) is 0 Å². The summed E-state index contributed by atoms with van der Waals surface area (Å²) in [6.45, 7) is 18.8. The van der Waals surface area contributed by atoms with Crippen LogP contribution in [0.15, 0.2) is 11.3 Å². The first kappa shape index (κ1) is 20.9. The van der Waals surface area contributed by atoms with E-state index in [1.54, 1.807) is 5.20 Å². The van der Waals surface area contributed by atoms with Crippen LogP contribution in [0.5, 0.6) is 0 Å². The number of rotatable bonds is 12. The Balaban J connectivity index is 5.40. The van der Waals surface area contributed by atoms with E-state index in [1.165, 1.54) is 68.5 Å². The van der Waals surface area contributed by atoms with Crippen LogP contribution in [0.3, 0.4) is 0 Å². The minimum atomic E-state index is 0.184. The minimum absolute atomic E-state index is 0.184. The molecule has 0 radical (unpaired) electrons. The molecule has 0 aromatic heterocycles. The predicted molar refractivity (Wildman–Crippen MR) is 101 cm³/mol. The first-order valence-corrected chi connectivity index (χ1v) is 10.1. The Morgan fingerprint density at radius 3 is 1.43 bits per heavy atom. The number of nitrogens with zero attached hydrogens (tertiary/aromatic N) is 2. The molecule has 126 valence electrons. The van der Waals surface area contributed by atoms with Crippen LogP contribution >= 0.6 is 0 Å². The predicted octanol–water partition coefficient (Wildman–Crippen LogP) is 3.61. The summed E-state index contributed by atoms with van der Waals surface area (Å²) in [4.78, 5) is 5.47. The van der Waals surface area contributed by atoms with E-state index in [4.69, 9.17) is 0 Å². The van der Waals surface area contributed by atoms with Crippen molar-refractivity contribution < 1.29 is 0 Å². The molecular weight excluding hydrogens is 272 g/mol. The Morgan fingerprint density at radius 2 is 1.19 bits per heavy atom. The summed E-state index contributed by atoms with van der Waals surface area (Å²) in [6, 6.07) is 0. The molecule has 0 aromatic carbocycles. The largest absolute Gasteiger partial charge is 0.285 e. The molecule has 0 spiro atoms. The van der Waals surface area contributed by atoms with Gasteiger partial charge in [-0.1, -0.05) is 39.0 Å². The second-order valence-corrected chi connectivity index (χ2v) is 8.25. The van der Waals surface area contributed by atoms with Crippen LogP contribution in [0.1, 0.15) is 73.6 Å². The van der Waals surface area contributed by atoms with Gasteiger partial charge in [-0.25, -0.2) is 0 Å². The van der Waals surface area contributed by atoms with Crippen molar-refractivity contribution in [3.05, 3.63) is 11.3 Å². The fourth-order valence-electron chi connectivity index (χ4n) is 3.12. The van der Waals surface area contributed by atoms with Crippen molar-refractivity contribution in [3.63, 3.8) is 0 Å². The van der Waals surface area contributed by atoms with Gasteiger partial charge in [-0.3, -0.25) is 9.80 Å². The van der Waals surface area contributed by atoms with E-state index in [0.717, 1.165) is 0 Å². The summed E-state index contributed by atoms with van der Waals surface area (Å²) in [6.07, 6.45) is 8.62. The van der Waals surface area contributed by atoms with Gasteiger partial charge in [-0.05, 0) is 72.1 Å². The van der Waals surface area contributed by atoms with Crippen LogP contribution in [-0.4, -0.2) is 51.9 Å². The van der Waals surface area contributed by atoms with Gasteiger partial charge in [0.05, 0.1) is 5.66 Å². The van der Waals surface area contributed by atoms with Gasteiger partial charge in [-0.15, -0.1) is 0 Å². The van der Waals surface area contributed by atoms with Crippen molar-refractivity contribution in [2.75, 3.05) is 26.2 Å². The van der Waals surface area contributed by atoms with Crippen molar-refractivity contribution in [2.24, 2.45) is 0 Å². The minimum Gasteiger partial charge on any atom is -0.285 e. The lowest BCUT2D eigenvalue weighted by molar-refractivity contribution is -0.0454. The highest BCUT2D eigenvalue weighted by molar-refractivity contribution is 6.21. The normalized spacial score (nSPS) is 13.6. The molecule has 0 aliphatic carbocycles. The Hall–Kier alpha value is -0.123. The lowest BCUT2D eigenvalue weighted by Crippen LogP contribution is -2.59. The topological polar surface area (TPSA) is 6.48 Å². The molecule has 0 bridgehead atoms. The van der Waals surface area contributed by atoms with Gasteiger partial charge in [0, 0.05) is 10.2 Å². The van der Waals surface area contributed by atoms with Crippen molar-refractivity contribution in [1.82, 2.24) is 9.80 Å². The van der Waals surface area contributed by atoms with Crippen LogP contribution in [0.4, 0.5) is 0 Å². The Kier molecular flexibility index (Phi) is 11.4. The van der Waals surface area contributed by atoms with E-state index in [1.807, 2.05) is 0 Å². The van der Waals surface area contributed by atoms with Gasteiger partial charge in [0.1, 0.15) is 0 Å². The van der Waals surface area contributed by atoms with Gasteiger partial charge >= 0.3 is 0 Å². The van der Waals surface area contributed by atoms with Crippen molar-refractivity contribution >= 4 is 10.2 Å². The third-order valence-corrected chi connectivity index (χ3v) is 4.64. The molecule has 0 N–H and O–H groups in total. The molecule has 0 fully saturated rings. The highest BCUT2D eigenvalue weighted by atomic mass is 28.1. The van der Waals surface area contributed by atoms with Gasteiger partial charge in [-0.2, -0.15) is 0 Å². The van der Waals surface area contributed by atoms with Crippen LogP contribution in [-0.2, 0) is 0 Å². The summed E-state index contributed by atoms with van der Waals surface area (Å²) in [7, 11) is 1.19. The highest BCUT2D eigenvalue weighted by Gasteiger charge is 2.35. The smallest absolute Gasteiger partial charge is 0.0743 e. The third-order valence-electron chi connectivity index (χ3n) is 4.23. The summed E-state index contributed by atoms with van der Waals surface area (Å²) in [5.74, 6) is 0. The van der Waals surface area contributed by atoms with Gasteiger partial charge < -0.3 is 0 Å². The zero-order valence-corrected chi connectivity index (χ0v) is 17.8. The fourth-order valence-corrected chi connectivity index (χ4v) is 3.33. The fraction of sp³-hybridized carbons (Fsp3) is 0.889. The molecule has 21 heavy (non-hydrogen) atoms.